The van der Waals surface area contributed by atoms with E-state index in [-0.39, 0.29) is 29.9 Å². The molecule has 3 fully saturated rings. The molecule has 1 aliphatic heterocycles. The van der Waals surface area contributed by atoms with E-state index in [9.17, 15) is 5.11 Å². The largest absolute Gasteiger partial charge is 0.396 e. The number of fused-ring (bicyclic) bond motifs is 2. The number of aliphatic hydroxyl groups is 1. The Morgan fingerprint density at radius 1 is 1.36 bits per heavy atom. The second kappa shape index (κ2) is 4.31. The summed E-state index contributed by atoms with van der Waals surface area (Å²) in [5, 5.41) is 10.0. The molecule has 3 heterocycles. The first kappa shape index (κ1) is 13.0. The lowest BCUT2D eigenvalue weighted by Crippen LogP contribution is -2.36. The van der Waals surface area contributed by atoms with Crippen LogP contribution in [0.25, 0.3) is 11.2 Å². The Labute approximate surface area is 131 Å². The molecule has 5 rings (SSSR count). The molecule has 3 aliphatic rings. The zero-order valence-corrected chi connectivity index (χ0v) is 12.5. The SMILES string of the molecule is Nc1nc(Cl)c2ncn(C3C4CC5C(COC53)C4CO)c2n1. The molecule has 0 aromatic carbocycles. The summed E-state index contributed by atoms with van der Waals surface area (Å²) in [5.41, 5.74) is 6.95. The highest BCUT2D eigenvalue weighted by molar-refractivity contribution is 6.33. The van der Waals surface area contributed by atoms with E-state index in [4.69, 9.17) is 22.1 Å². The van der Waals surface area contributed by atoms with Crippen molar-refractivity contribution in [3.63, 3.8) is 0 Å². The smallest absolute Gasteiger partial charge is 0.223 e. The highest BCUT2D eigenvalue weighted by Crippen LogP contribution is 2.61. The lowest BCUT2D eigenvalue weighted by atomic mass is 9.78. The van der Waals surface area contributed by atoms with Crippen molar-refractivity contribution in [2.75, 3.05) is 18.9 Å². The molecule has 2 saturated carbocycles. The third-order valence-electron chi connectivity index (χ3n) is 5.80. The van der Waals surface area contributed by atoms with Crippen LogP contribution in [0.1, 0.15) is 12.5 Å². The summed E-state index contributed by atoms with van der Waals surface area (Å²) in [4.78, 5) is 12.6. The monoisotopic (exact) mass is 321 g/mol. The van der Waals surface area contributed by atoms with Gasteiger partial charge >= 0.3 is 0 Å². The van der Waals surface area contributed by atoms with E-state index in [0.717, 1.165) is 13.0 Å². The van der Waals surface area contributed by atoms with Gasteiger partial charge in [-0.15, -0.1) is 0 Å². The minimum absolute atomic E-state index is 0.135. The standard InChI is InChI=1S/C14H16ClN5O2/c15-12-9-13(19-14(16)18-12)20(4-17-9)10-5-1-6-8(7(5)2-21)3-22-11(6)10/h4-8,10-11,21H,1-3H2,(H2,16,18,19). The van der Waals surface area contributed by atoms with Crippen LogP contribution in [0, 0.1) is 23.7 Å². The fraction of sp³-hybridized carbons (Fsp3) is 0.643. The number of aromatic nitrogens is 4. The summed E-state index contributed by atoms with van der Waals surface area (Å²) in [7, 11) is 0. The van der Waals surface area contributed by atoms with Crippen molar-refractivity contribution in [2.45, 2.75) is 18.6 Å². The average Bonchev–Trinajstić information content (AvgIpc) is 3.17. The molecule has 6 atom stereocenters. The van der Waals surface area contributed by atoms with Crippen LogP contribution >= 0.6 is 11.6 Å². The van der Waals surface area contributed by atoms with Crippen LogP contribution in [0.5, 0.6) is 0 Å². The predicted octanol–water partition coefficient (Wildman–Crippen LogP) is 0.876. The topological polar surface area (TPSA) is 99.1 Å². The van der Waals surface area contributed by atoms with Gasteiger partial charge in [-0.2, -0.15) is 9.97 Å². The van der Waals surface area contributed by atoms with Crippen LogP contribution in [0.4, 0.5) is 5.95 Å². The molecule has 22 heavy (non-hydrogen) atoms. The van der Waals surface area contributed by atoms with Gasteiger partial charge in [-0.1, -0.05) is 11.6 Å². The minimum Gasteiger partial charge on any atom is -0.396 e. The molecule has 1 saturated heterocycles. The van der Waals surface area contributed by atoms with Crippen LogP contribution in [-0.2, 0) is 4.74 Å². The molecular formula is C14H16ClN5O2. The third-order valence-corrected chi connectivity index (χ3v) is 6.06. The van der Waals surface area contributed by atoms with Crippen LogP contribution in [-0.4, -0.2) is 43.9 Å². The second-order valence-corrected chi connectivity index (χ2v) is 6.92. The molecule has 8 heteroatoms. The average molecular weight is 322 g/mol. The third kappa shape index (κ3) is 1.46. The second-order valence-electron chi connectivity index (χ2n) is 6.56. The molecule has 0 radical (unpaired) electrons. The van der Waals surface area contributed by atoms with Gasteiger partial charge in [0.25, 0.3) is 0 Å². The number of anilines is 1. The molecule has 2 aromatic heterocycles. The number of hydrogen-bond donors (Lipinski definition) is 2. The first-order valence-electron chi connectivity index (χ1n) is 7.57. The molecule has 2 aromatic rings. The molecule has 116 valence electrons. The molecule has 0 amide bonds. The lowest BCUT2D eigenvalue weighted by molar-refractivity contribution is 0.0561. The summed E-state index contributed by atoms with van der Waals surface area (Å²) in [6, 6.07) is 0.135. The maximum atomic E-state index is 9.78. The Morgan fingerprint density at radius 3 is 3.05 bits per heavy atom. The van der Waals surface area contributed by atoms with E-state index >= 15 is 0 Å². The number of hydrogen-bond acceptors (Lipinski definition) is 6. The van der Waals surface area contributed by atoms with Crippen LogP contribution in [0.2, 0.25) is 5.15 Å². The van der Waals surface area contributed by atoms with E-state index in [1.807, 2.05) is 4.57 Å². The summed E-state index contributed by atoms with van der Waals surface area (Å²) in [6.07, 6.45) is 3.02. The van der Waals surface area contributed by atoms with Crippen molar-refractivity contribution in [1.82, 2.24) is 19.5 Å². The van der Waals surface area contributed by atoms with Gasteiger partial charge in [-0.3, -0.25) is 0 Å². The van der Waals surface area contributed by atoms with Gasteiger partial charge in [-0.05, 0) is 30.1 Å². The van der Waals surface area contributed by atoms with Crippen molar-refractivity contribution in [2.24, 2.45) is 23.7 Å². The van der Waals surface area contributed by atoms with E-state index in [0.29, 0.717) is 34.8 Å². The number of aliphatic hydroxyl groups excluding tert-OH is 1. The Hall–Kier alpha value is -1.44. The van der Waals surface area contributed by atoms with Gasteiger partial charge in [0.2, 0.25) is 5.95 Å². The van der Waals surface area contributed by atoms with Crippen molar-refractivity contribution in [3.8, 4) is 0 Å². The number of rotatable bonds is 2. The van der Waals surface area contributed by atoms with Crippen LogP contribution in [0.3, 0.4) is 0 Å². The molecule has 6 unspecified atom stereocenters. The first-order valence-corrected chi connectivity index (χ1v) is 7.95. The van der Waals surface area contributed by atoms with Gasteiger partial charge < -0.3 is 20.1 Å². The van der Waals surface area contributed by atoms with Crippen LogP contribution < -0.4 is 5.73 Å². The highest BCUT2D eigenvalue weighted by Gasteiger charge is 2.62. The van der Waals surface area contributed by atoms with Gasteiger partial charge in [0.15, 0.2) is 10.8 Å². The molecule has 2 bridgehead atoms. The summed E-state index contributed by atoms with van der Waals surface area (Å²) in [5.74, 6) is 1.85. The van der Waals surface area contributed by atoms with Gasteiger partial charge in [0, 0.05) is 6.61 Å². The number of halogens is 1. The minimum atomic E-state index is 0.135. The number of nitrogens with zero attached hydrogens (tertiary/aromatic N) is 4. The Bertz CT molecular complexity index is 765. The number of imidazole rings is 1. The quantitative estimate of drug-likeness (QED) is 0.796. The number of ether oxygens (including phenoxy) is 1. The lowest BCUT2D eigenvalue weighted by Gasteiger charge is -2.33. The van der Waals surface area contributed by atoms with Gasteiger partial charge in [-0.25, -0.2) is 4.98 Å². The Morgan fingerprint density at radius 2 is 2.23 bits per heavy atom. The van der Waals surface area contributed by atoms with E-state index < -0.39 is 0 Å². The maximum absolute atomic E-state index is 9.78. The molecule has 2 aliphatic carbocycles. The van der Waals surface area contributed by atoms with E-state index in [1.165, 1.54) is 0 Å². The van der Waals surface area contributed by atoms with Crippen molar-refractivity contribution in [3.05, 3.63) is 11.5 Å². The number of nitrogens with two attached hydrogens (primary N) is 1. The highest BCUT2D eigenvalue weighted by atomic mass is 35.5. The fourth-order valence-corrected chi connectivity index (χ4v) is 5.23. The number of nitrogen functional groups attached to an aromatic ring is 1. The zero-order valence-electron chi connectivity index (χ0n) is 11.8. The fourth-order valence-electron chi connectivity index (χ4n) is 5.01. The van der Waals surface area contributed by atoms with E-state index in [1.54, 1.807) is 6.33 Å². The Balaban J connectivity index is 1.66. The van der Waals surface area contributed by atoms with Gasteiger partial charge in [0.05, 0.1) is 25.1 Å². The molecule has 0 spiro atoms. The normalized spacial score (nSPS) is 39.2. The molecule has 3 N–H and O–H groups in total. The van der Waals surface area contributed by atoms with Crippen molar-refractivity contribution < 1.29 is 9.84 Å². The summed E-state index contributed by atoms with van der Waals surface area (Å²) >= 11 is 6.12. The van der Waals surface area contributed by atoms with Crippen LogP contribution in [0.15, 0.2) is 6.33 Å². The zero-order chi connectivity index (χ0) is 15.0. The summed E-state index contributed by atoms with van der Waals surface area (Å²) in [6.45, 7) is 0.959. The molecular weight excluding hydrogens is 306 g/mol. The Kier molecular flexibility index (Phi) is 2.55. The maximum Gasteiger partial charge on any atom is 0.223 e. The van der Waals surface area contributed by atoms with E-state index in [2.05, 4.69) is 15.0 Å². The summed E-state index contributed by atoms with van der Waals surface area (Å²) < 4.78 is 8.07. The molecule has 7 nitrogen and oxygen atoms in total. The van der Waals surface area contributed by atoms with Crippen molar-refractivity contribution in [1.29, 1.82) is 0 Å². The van der Waals surface area contributed by atoms with Gasteiger partial charge in [0.1, 0.15) is 5.52 Å². The van der Waals surface area contributed by atoms with Crippen molar-refractivity contribution >= 4 is 28.7 Å². The first-order chi connectivity index (χ1) is 10.7. The predicted molar refractivity (Wildman–Crippen MR) is 79.2 cm³/mol.